The van der Waals surface area contributed by atoms with Crippen molar-refractivity contribution < 1.29 is 4.79 Å². The van der Waals surface area contributed by atoms with Crippen LogP contribution in [0.15, 0.2) is 45.8 Å². The molecule has 98 valence electrons. The van der Waals surface area contributed by atoms with Gasteiger partial charge in [-0.05, 0) is 46.3 Å². The molecule has 0 radical (unpaired) electrons. The lowest BCUT2D eigenvalue weighted by Crippen LogP contribution is -2.13. The van der Waals surface area contributed by atoms with Crippen LogP contribution in [0, 0.1) is 0 Å². The largest absolute Gasteiger partial charge is 0.319 e. The Morgan fingerprint density at radius 1 is 1.16 bits per heavy atom. The summed E-state index contributed by atoms with van der Waals surface area (Å²) < 4.78 is 0.672. The number of thiol groups is 1. The van der Waals surface area contributed by atoms with Crippen LogP contribution in [0.25, 0.3) is 0 Å². The maximum atomic E-state index is 12.2. The molecule has 0 saturated carbocycles. The molecule has 0 atom stereocenters. The van der Waals surface area contributed by atoms with Gasteiger partial charge in [0.1, 0.15) is 0 Å². The van der Waals surface area contributed by atoms with E-state index in [1.165, 1.54) is 0 Å². The Balaban J connectivity index is 2.34. The highest BCUT2D eigenvalue weighted by Gasteiger charge is 2.14. The van der Waals surface area contributed by atoms with Crippen molar-refractivity contribution in [3.63, 3.8) is 0 Å². The Morgan fingerprint density at radius 2 is 1.79 bits per heavy atom. The van der Waals surface area contributed by atoms with Crippen molar-refractivity contribution in [3.05, 3.63) is 56.5 Å². The number of hydrogen-bond acceptors (Lipinski definition) is 2. The Hall–Kier alpha value is -0.680. The van der Waals surface area contributed by atoms with Gasteiger partial charge < -0.3 is 5.32 Å². The molecule has 1 N–H and O–H groups in total. The van der Waals surface area contributed by atoms with E-state index in [2.05, 4.69) is 33.9 Å². The highest BCUT2D eigenvalue weighted by molar-refractivity contribution is 9.10. The van der Waals surface area contributed by atoms with Crippen LogP contribution in [-0.4, -0.2) is 5.91 Å². The molecule has 2 aromatic carbocycles. The number of nitrogens with one attached hydrogen (secondary N) is 1. The van der Waals surface area contributed by atoms with E-state index in [9.17, 15) is 4.79 Å². The number of amides is 1. The minimum atomic E-state index is -0.308. The molecule has 0 unspecified atom stereocenters. The number of hydrogen-bond donors (Lipinski definition) is 2. The zero-order valence-corrected chi connectivity index (χ0v) is 13.4. The Morgan fingerprint density at radius 3 is 2.42 bits per heavy atom. The molecule has 0 aliphatic carbocycles. The van der Waals surface area contributed by atoms with Crippen molar-refractivity contribution in [1.29, 1.82) is 0 Å². The van der Waals surface area contributed by atoms with Gasteiger partial charge >= 0.3 is 0 Å². The molecular weight excluding hydrogens is 369 g/mol. The molecule has 0 aromatic heterocycles. The van der Waals surface area contributed by atoms with Crippen LogP contribution in [-0.2, 0) is 0 Å². The minimum absolute atomic E-state index is 0.308. The van der Waals surface area contributed by atoms with Gasteiger partial charge in [-0.2, -0.15) is 0 Å². The first-order valence-electron chi connectivity index (χ1n) is 5.23. The third-order valence-electron chi connectivity index (χ3n) is 2.40. The number of benzene rings is 2. The fourth-order valence-corrected chi connectivity index (χ4v) is 2.61. The van der Waals surface area contributed by atoms with Crippen molar-refractivity contribution >= 4 is 63.4 Å². The highest BCUT2D eigenvalue weighted by atomic mass is 79.9. The third-order valence-corrected chi connectivity index (χ3v) is 4.00. The lowest BCUT2D eigenvalue weighted by molar-refractivity contribution is 0.102. The molecular formula is C13H8BrCl2NOS. The van der Waals surface area contributed by atoms with E-state index in [0.717, 1.165) is 0 Å². The summed E-state index contributed by atoms with van der Waals surface area (Å²) in [5.74, 6) is -0.308. The first kappa shape index (κ1) is 14.7. The van der Waals surface area contributed by atoms with Gasteiger partial charge in [0.05, 0.1) is 21.3 Å². The fraction of sp³-hybridized carbons (Fsp3) is 0. The van der Waals surface area contributed by atoms with Crippen molar-refractivity contribution in [3.8, 4) is 0 Å². The predicted molar refractivity (Wildman–Crippen MR) is 85.8 cm³/mol. The van der Waals surface area contributed by atoms with E-state index in [1.54, 1.807) is 36.4 Å². The molecule has 0 fully saturated rings. The lowest BCUT2D eigenvalue weighted by Gasteiger charge is -2.10. The molecule has 0 bridgehead atoms. The normalized spacial score (nSPS) is 10.3. The second-order valence-electron chi connectivity index (χ2n) is 3.71. The highest BCUT2D eigenvalue weighted by Crippen LogP contribution is 2.31. The topological polar surface area (TPSA) is 29.1 Å². The van der Waals surface area contributed by atoms with E-state index in [0.29, 0.717) is 30.7 Å². The van der Waals surface area contributed by atoms with E-state index in [1.807, 2.05) is 0 Å². The Kier molecular flexibility index (Phi) is 4.79. The molecule has 0 spiro atoms. The number of halogens is 3. The Bertz CT molecular complexity index is 628. The maximum Gasteiger partial charge on any atom is 0.256 e. The van der Waals surface area contributed by atoms with Gasteiger partial charge in [0.2, 0.25) is 0 Å². The maximum absolute atomic E-state index is 12.2. The predicted octanol–water partition coefficient (Wildman–Crippen LogP) is 5.30. The van der Waals surface area contributed by atoms with Crippen molar-refractivity contribution in [2.45, 2.75) is 4.90 Å². The number of anilines is 1. The zero-order chi connectivity index (χ0) is 14.0. The zero-order valence-electron chi connectivity index (χ0n) is 9.45. The Labute approximate surface area is 134 Å². The number of para-hydroxylation sites is 1. The molecule has 2 rings (SSSR count). The molecule has 19 heavy (non-hydrogen) atoms. The number of rotatable bonds is 2. The second kappa shape index (κ2) is 6.18. The van der Waals surface area contributed by atoms with Crippen molar-refractivity contribution in [2.75, 3.05) is 5.32 Å². The van der Waals surface area contributed by atoms with Crippen LogP contribution in [0.3, 0.4) is 0 Å². The first-order chi connectivity index (χ1) is 8.99. The molecule has 2 nitrogen and oxygen atoms in total. The summed E-state index contributed by atoms with van der Waals surface area (Å²) in [6.45, 7) is 0. The number of carbonyl (C=O) groups excluding carboxylic acids is 1. The van der Waals surface area contributed by atoms with Crippen LogP contribution in [0.5, 0.6) is 0 Å². The minimum Gasteiger partial charge on any atom is -0.319 e. The van der Waals surface area contributed by atoms with Crippen LogP contribution in [0.2, 0.25) is 10.0 Å². The fourth-order valence-electron chi connectivity index (χ4n) is 1.49. The standard InChI is InChI=1S/C13H8BrCl2NOS/c14-9-5-4-7(19)6-8(9)13(18)17-12-10(15)2-1-3-11(12)16/h1-6,19H,(H,17,18). The summed E-state index contributed by atoms with van der Waals surface area (Å²) in [7, 11) is 0. The third kappa shape index (κ3) is 3.45. The van der Waals surface area contributed by atoms with Crippen molar-refractivity contribution in [1.82, 2.24) is 0 Å². The van der Waals surface area contributed by atoms with Crippen LogP contribution >= 0.6 is 51.8 Å². The molecule has 0 aliphatic heterocycles. The molecule has 2 aromatic rings. The van der Waals surface area contributed by atoms with Gasteiger partial charge in [0.25, 0.3) is 5.91 Å². The van der Waals surface area contributed by atoms with Crippen LogP contribution in [0.4, 0.5) is 5.69 Å². The van der Waals surface area contributed by atoms with Gasteiger partial charge in [-0.1, -0.05) is 29.3 Å². The van der Waals surface area contributed by atoms with Gasteiger partial charge in [0.15, 0.2) is 0 Å². The summed E-state index contributed by atoms with van der Waals surface area (Å²) in [6.07, 6.45) is 0. The summed E-state index contributed by atoms with van der Waals surface area (Å²) in [4.78, 5) is 12.9. The summed E-state index contributed by atoms with van der Waals surface area (Å²) in [6, 6.07) is 10.2. The first-order valence-corrected chi connectivity index (χ1v) is 7.22. The molecule has 0 aliphatic rings. The van der Waals surface area contributed by atoms with Gasteiger partial charge in [-0.15, -0.1) is 12.6 Å². The average Bonchev–Trinajstić information content (AvgIpc) is 2.37. The summed E-state index contributed by atoms with van der Waals surface area (Å²) in [5.41, 5.74) is 0.857. The van der Waals surface area contributed by atoms with E-state index in [-0.39, 0.29) is 5.91 Å². The van der Waals surface area contributed by atoms with Crippen LogP contribution in [0.1, 0.15) is 10.4 Å². The monoisotopic (exact) mass is 375 g/mol. The molecule has 1 amide bonds. The van der Waals surface area contributed by atoms with Crippen LogP contribution < -0.4 is 5.32 Å². The second-order valence-corrected chi connectivity index (χ2v) is 5.90. The molecule has 0 heterocycles. The van der Waals surface area contributed by atoms with Crippen molar-refractivity contribution in [2.24, 2.45) is 0 Å². The van der Waals surface area contributed by atoms with Gasteiger partial charge in [-0.25, -0.2) is 0 Å². The number of carbonyl (C=O) groups is 1. The summed E-state index contributed by atoms with van der Waals surface area (Å²) in [5, 5.41) is 3.47. The van der Waals surface area contributed by atoms with E-state index >= 15 is 0 Å². The molecule has 6 heteroatoms. The quantitative estimate of drug-likeness (QED) is 0.684. The lowest BCUT2D eigenvalue weighted by atomic mass is 10.2. The van der Waals surface area contributed by atoms with E-state index < -0.39 is 0 Å². The SMILES string of the molecule is O=C(Nc1c(Cl)cccc1Cl)c1cc(S)ccc1Br. The summed E-state index contributed by atoms with van der Waals surface area (Å²) >= 11 is 19.5. The van der Waals surface area contributed by atoms with Gasteiger partial charge in [-0.3, -0.25) is 4.79 Å². The smallest absolute Gasteiger partial charge is 0.256 e. The molecule has 0 saturated heterocycles. The van der Waals surface area contributed by atoms with E-state index in [4.69, 9.17) is 23.2 Å². The average molecular weight is 377 g/mol. The van der Waals surface area contributed by atoms with Gasteiger partial charge in [0, 0.05) is 9.37 Å².